The molecule has 3 aromatic rings. The molecule has 0 spiro atoms. The molecular weight excluding hydrogens is 368 g/mol. The molecule has 0 aliphatic heterocycles. The van der Waals surface area contributed by atoms with Crippen molar-refractivity contribution in [1.29, 1.82) is 0 Å². The van der Waals surface area contributed by atoms with Crippen molar-refractivity contribution in [3.63, 3.8) is 0 Å². The first-order valence-corrected chi connectivity index (χ1v) is 8.49. The summed E-state index contributed by atoms with van der Waals surface area (Å²) < 4.78 is 2.70. The summed E-state index contributed by atoms with van der Waals surface area (Å²) in [5.74, 6) is 0.0540. The Kier molecular flexibility index (Phi) is 3.69. The van der Waals surface area contributed by atoms with Gasteiger partial charge in [0.2, 0.25) is 5.91 Å². The van der Waals surface area contributed by atoms with Gasteiger partial charge in [0.1, 0.15) is 12.7 Å². The monoisotopic (exact) mass is 382 g/mol. The number of nitrogens with one attached hydrogen (secondary N) is 1. The van der Waals surface area contributed by atoms with Crippen LogP contribution in [0.1, 0.15) is 18.4 Å². The number of carbonyl (C=O) groups is 1. The van der Waals surface area contributed by atoms with Gasteiger partial charge in [-0.15, -0.1) is 0 Å². The fourth-order valence-corrected chi connectivity index (χ4v) is 3.09. The first-order chi connectivity index (χ1) is 11.7. The second-order valence-electron chi connectivity index (χ2n) is 5.93. The molecule has 1 aromatic heterocycles. The van der Waals surface area contributed by atoms with Crippen molar-refractivity contribution in [3.05, 3.63) is 71.2 Å². The van der Waals surface area contributed by atoms with Crippen molar-refractivity contribution in [2.24, 2.45) is 0 Å². The van der Waals surface area contributed by atoms with Crippen LogP contribution in [0.3, 0.4) is 0 Å². The lowest BCUT2D eigenvalue weighted by Crippen LogP contribution is -2.27. The van der Waals surface area contributed by atoms with Crippen molar-refractivity contribution in [3.8, 4) is 5.69 Å². The van der Waals surface area contributed by atoms with E-state index >= 15 is 0 Å². The van der Waals surface area contributed by atoms with E-state index in [2.05, 4.69) is 31.3 Å². The molecule has 0 bridgehead atoms. The minimum absolute atomic E-state index is 0.0540. The minimum atomic E-state index is -0.384. The molecule has 0 unspecified atom stereocenters. The molecular formula is C18H15BrN4O. The smallest absolute Gasteiger partial charge is 0.235 e. The normalized spacial score (nSPS) is 15.0. The van der Waals surface area contributed by atoms with Crippen LogP contribution in [0.15, 0.2) is 65.7 Å². The van der Waals surface area contributed by atoms with Gasteiger partial charge in [-0.2, -0.15) is 5.10 Å². The Hall–Kier alpha value is -2.47. The topological polar surface area (TPSA) is 59.8 Å². The highest BCUT2D eigenvalue weighted by Gasteiger charge is 2.51. The number of hydrogen-bond acceptors (Lipinski definition) is 3. The van der Waals surface area contributed by atoms with Crippen LogP contribution in [-0.2, 0) is 10.2 Å². The summed E-state index contributed by atoms with van der Waals surface area (Å²) in [5.41, 5.74) is 2.37. The second kappa shape index (κ2) is 5.87. The number of rotatable bonds is 4. The fourth-order valence-electron chi connectivity index (χ4n) is 2.83. The molecule has 1 saturated carbocycles. The summed E-state index contributed by atoms with van der Waals surface area (Å²) >= 11 is 3.43. The number of nitrogens with zero attached hydrogens (tertiary/aromatic N) is 3. The fraction of sp³-hybridized carbons (Fsp3) is 0.167. The van der Waals surface area contributed by atoms with Crippen LogP contribution >= 0.6 is 15.9 Å². The maximum absolute atomic E-state index is 12.7. The zero-order valence-electron chi connectivity index (χ0n) is 12.8. The van der Waals surface area contributed by atoms with Crippen LogP contribution in [0.4, 0.5) is 5.69 Å². The molecule has 120 valence electrons. The van der Waals surface area contributed by atoms with Crippen LogP contribution < -0.4 is 5.32 Å². The molecule has 24 heavy (non-hydrogen) atoms. The maximum Gasteiger partial charge on any atom is 0.235 e. The third kappa shape index (κ3) is 2.73. The van der Waals surface area contributed by atoms with Gasteiger partial charge >= 0.3 is 0 Å². The number of benzene rings is 2. The molecule has 5 nitrogen and oxygen atoms in total. The highest BCUT2D eigenvalue weighted by atomic mass is 79.9. The van der Waals surface area contributed by atoms with Crippen molar-refractivity contribution < 1.29 is 4.79 Å². The van der Waals surface area contributed by atoms with E-state index in [1.165, 1.54) is 6.33 Å². The molecule has 1 amide bonds. The lowest BCUT2D eigenvalue weighted by molar-refractivity contribution is -0.118. The number of aromatic nitrogens is 3. The van der Waals surface area contributed by atoms with E-state index in [1.807, 2.05) is 48.5 Å². The van der Waals surface area contributed by atoms with Crippen molar-refractivity contribution in [2.75, 3.05) is 5.32 Å². The van der Waals surface area contributed by atoms with Gasteiger partial charge < -0.3 is 5.32 Å². The van der Waals surface area contributed by atoms with E-state index in [0.717, 1.165) is 34.3 Å². The lowest BCUT2D eigenvalue weighted by atomic mass is 9.95. The molecule has 2 aromatic carbocycles. The SMILES string of the molecule is O=C(Nc1ccc(-n2cncn2)cc1)C1(c2ccc(Br)cc2)CC1. The van der Waals surface area contributed by atoms with Crippen molar-refractivity contribution in [1.82, 2.24) is 14.8 Å². The van der Waals surface area contributed by atoms with Crippen LogP contribution in [0, 0.1) is 0 Å². The number of halogens is 1. The molecule has 1 aliphatic rings. The van der Waals surface area contributed by atoms with Gasteiger partial charge in [-0.25, -0.2) is 9.67 Å². The van der Waals surface area contributed by atoms with E-state index in [-0.39, 0.29) is 11.3 Å². The predicted octanol–water partition coefficient (Wildman–Crippen LogP) is 3.70. The minimum Gasteiger partial charge on any atom is -0.325 e. The first-order valence-electron chi connectivity index (χ1n) is 7.70. The molecule has 4 rings (SSSR count). The zero-order valence-corrected chi connectivity index (χ0v) is 14.4. The highest BCUT2D eigenvalue weighted by Crippen LogP contribution is 2.49. The van der Waals surface area contributed by atoms with Gasteiger partial charge in [-0.1, -0.05) is 28.1 Å². The largest absolute Gasteiger partial charge is 0.325 e. The highest BCUT2D eigenvalue weighted by molar-refractivity contribution is 9.10. The van der Waals surface area contributed by atoms with E-state index in [0.29, 0.717) is 0 Å². The van der Waals surface area contributed by atoms with Crippen molar-refractivity contribution >= 4 is 27.5 Å². The first kappa shape index (κ1) is 15.1. The summed E-state index contributed by atoms with van der Waals surface area (Å²) in [7, 11) is 0. The Morgan fingerprint density at radius 2 is 1.79 bits per heavy atom. The molecule has 1 aliphatic carbocycles. The van der Waals surface area contributed by atoms with Gasteiger partial charge in [-0.3, -0.25) is 4.79 Å². The van der Waals surface area contributed by atoms with Gasteiger partial charge in [0.05, 0.1) is 11.1 Å². The van der Waals surface area contributed by atoms with Gasteiger partial charge in [-0.05, 0) is 54.8 Å². The lowest BCUT2D eigenvalue weighted by Gasteiger charge is -2.16. The predicted molar refractivity (Wildman–Crippen MR) is 95.0 cm³/mol. The summed E-state index contributed by atoms with van der Waals surface area (Å²) in [6.45, 7) is 0. The average molecular weight is 383 g/mol. The van der Waals surface area contributed by atoms with Crippen LogP contribution in [0.5, 0.6) is 0 Å². The van der Waals surface area contributed by atoms with Crippen LogP contribution in [-0.4, -0.2) is 20.7 Å². The molecule has 6 heteroatoms. The van der Waals surface area contributed by atoms with E-state index < -0.39 is 0 Å². The van der Waals surface area contributed by atoms with Crippen LogP contribution in [0.25, 0.3) is 5.69 Å². The maximum atomic E-state index is 12.7. The molecule has 0 atom stereocenters. The van der Waals surface area contributed by atoms with Gasteiger partial charge in [0.15, 0.2) is 0 Å². The number of amides is 1. The number of carbonyl (C=O) groups excluding carboxylic acids is 1. The summed E-state index contributed by atoms with van der Waals surface area (Å²) in [6, 6.07) is 15.6. The Morgan fingerprint density at radius 3 is 2.38 bits per heavy atom. The average Bonchev–Trinajstić information content (AvgIpc) is 3.23. The molecule has 1 N–H and O–H groups in total. The molecule has 0 saturated heterocycles. The molecule has 0 radical (unpaired) electrons. The number of hydrogen-bond donors (Lipinski definition) is 1. The second-order valence-corrected chi connectivity index (χ2v) is 6.85. The number of anilines is 1. The third-order valence-corrected chi connectivity index (χ3v) is 4.92. The van der Waals surface area contributed by atoms with E-state index in [9.17, 15) is 4.79 Å². The molecule has 1 heterocycles. The van der Waals surface area contributed by atoms with E-state index in [1.54, 1.807) is 11.0 Å². The van der Waals surface area contributed by atoms with Gasteiger partial charge in [0, 0.05) is 10.2 Å². The Morgan fingerprint density at radius 1 is 1.08 bits per heavy atom. The Labute approximate surface area is 147 Å². The van der Waals surface area contributed by atoms with Crippen molar-refractivity contribution in [2.45, 2.75) is 18.3 Å². The summed E-state index contributed by atoms with van der Waals surface area (Å²) in [4.78, 5) is 16.7. The Bertz CT molecular complexity index is 853. The Balaban J connectivity index is 1.51. The van der Waals surface area contributed by atoms with Gasteiger partial charge in [0.25, 0.3) is 0 Å². The third-order valence-electron chi connectivity index (χ3n) is 4.39. The summed E-state index contributed by atoms with van der Waals surface area (Å²) in [6.07, 6.45) is 4.90. The standard InChI is InChI=1S/C18H15BrN4O/c19-14-3-1-13(2-4-14)18(9-10-18)17(24)22-15-5-7-16(8-6-15)23-12-20-11-21-23/h1-8,11-12H,9-10H2,(H,22,24). The van der Waals surface area contributed by atoms with E-state index in [4.69, 9.17) is 0 Å². The molecule has 1 fully saturated rings. The zero-order chi connectivity index (χ0) is 16.6. The summed E-state index contributed by atoms with van der Waals surface area (Å²) in [5, 5.41) is 7.12. The van der Waals surface area contributed by atoms with Crippen LogP contribution in [0.2, 0.25) is 0 Å². The quantitative estimate of drug-likeness (QED) is 0.748.